The lowest BCUT2D eigenvalue weighted by Crippen LogP contribution is -2.14. The molecule has 21 heavy (non-hydrogen) atoms. The first kappa shape index (κ1) is 15.3. The van der Waals surface area contributed by atoms with Crippen LogP contribution in [0.3, 0.4) is 0 Å². The Morgan fingerprint density at radius 3 is 2.67 bits per heavy atom. The lowest BCUT2D eigenvalue weighted by molar-refractivity contribution is 0.310. The van der Waals surface area contributed by atoms with E-state index in [-0.39, 0.29) is 0 Å². The van der Waals surface area contributed by atoms with Gasteiger partial charge in [-0.05, 0) is 43.7 Å². The van der Waals surface area contributed by atoms with Crippen LogP contribution in [-0.4, -0.2) is 18.7 Å². The fourth-order valence-corrected chi connectivity index (χ4v) is 2.13. The van der Waals surface area contributed by atoms with Gasteiger partial charge in [-0.2, -0.15) is 0 Å². The average Bonchev–Trinajstić information content (AvgIpc) is 2.49. The van der Waals surface area contributed by atoms with Gasteiger partial charge in [0.25, 0.3) is 0 Å². The van der Waals surface area contributed by atoms with Crippen molar-refractivity contribution in [1.29, 1.82) is 0 Å². The first-order valence-electron chi connectivity index (χ1n) is 7.16. The van der Waals surface area contributed by atoms with Crippen LogP contribution in [0.4, 0.5) is 0 Å². The molecule has 112 valence electrons. The van der Waals surface area contributed by atoms with Crippen molar-refractivity contribution in [3.8, 4) is 11.5 Å². The third-order valence-corrected chi connectivity index (χ3v) is 3.11. The molecule has 1 aromatic carbocycles. The first-order chi connectivity index (χ1) is 10.2. The number of hydrogen-bond donors (Lipinski definition) is 1. The first-order valence-corrected chi connectivity index (χ1v) is 7.16. The van der Waals surface area contributed by atoms with Crippen molar-refractivity contribution >= 4 is 0 Å². The van der Waals surface area contributed by atoms with E-state index in [1.165, 1.54) is 0 Å². The number of aryl methyl sites for hydroxylation is 1. The van der Waals surface area contributed by atoms with Crippen LogP contribution in [0.15, 0.2) is 36.4 Å². The molecule has 0 saturated carbocycles. The molecule has 0 fully saturated rings. The lowest BCUT2D eigenvalue weighted by Gasteiger charge is -2.11. The smallest absolute Gasteiger partial charge is 0.161 e. The van der Waals surface area contributed by atoms with Crippen molar-refractivity contribution in [3.05, 3.63) is 53.3 Å². The van der Waals surface area contributed by atoms with E-state index in [9.17, 15) is 0 Å². The fourth-order valence-electron chi connectivity index (χ4n) is 2.13. The van der Waals surface area contributed by atoms with E-state index in [1.807, 2.05) is 50.2 Å². The highest BCUT2D eigenvalue weighted by Gasteiger charge is 2.05. The maximum atomic E-state index is 5.51. The summed E-state index contributed by atoms with van der Waals surface area (Å²) in [6.45, 7) is 6.10. The molecule has 4 heteroatoms. The summed E-state index contributed by atoms with van der Waals surface area (Å²) < 4.78 is 10.9. The molecule has 0 atom stereocenters. The van der Waals surface area contributed by atoms with E-state index in [1.54, 1.807) is 7.11 Å². The highest BCUT2D eigenvalue weighted by Crippen LogP contribution is 2.27. The number of hydrogen-bond acceptors (Lipinski definition) is 4. The molecule has 0 unspecified atom stereocenters. The quantitative estimate of drug-likeness (QED) is 0.849. The molecule has 2 rings (SSSR count). The zero-order valence-corrected chi connectivity index (χ0v) is 12.8. The summed E-state index contributed by atoms with van der Waals surface area (Å²) in [5.74, 6) is 1.55. The molecule has 1 heterocycles. The van der Waals surface area contributed by atoms with E-state index < -0.39 is 0 Å². The predicted octanol–water partition coefficient (Wildman–Crippen LogP) is 3.09. The van der Waals surface area contributed by atoms with Crippen LogP contribution in [-0.2, 0) is 13.1 Å². The molecular weight excluding hydrogens is 264 g/mol. The molecular formula is C17H22N2O2. The Morgan fingerprint density at radius 2 is 1.95 bits per heavy atom. The molecule has 0 bridgehead atoms. The van der Waals surface area contributed by atoms with Crippen LogP contribution < -0.4 is 14.8 Å². The second-order valence-electron chi connectivity index (χ2n) is 4.79. The van der Waals surface area contributed by atoms with Crippen LogP contribution in [0.2, 0.25) is 0 Å². The maximum Gasteiger partial charge on any atom is 0.161 e. The predicted molar refractivity (Wildman–Crippen MR) is 83.7 cm³/mol. The van der Waals surface area contributed by atoms with Gasteiger partial charge in [0.1, 0.15) is 0 Å². The highest BCUT2D eigenvalue weighted by molar-refractivity contribution is 5.42. The zero-order chi connectivity index (χ0) is 15.1. The number of nitrogens with zero attached hydrogens (tertiary/aromatic N) is 1. The number of pyridine rings is 1. The molecule has 2 aromatic rings. The standard InChI is InChI=1S/C17H22N2O2/c1-4-21-16-9-8-14(10-17(16)20-3)11-18-12-15-7-5-6-13(2)19-15/h5-10,18H,4,11-12H2,1-3H3. The second-order valence-corrected chi connectivity index (χ2v) is 4.79. The molecule has 1 N–H and O–H groups in total. The minimum absolute atomic E-state index is 0.632. The fraction of sp³-hybridized carbons (Fsp3) is 0.353. The summed E-state index contributed by atoms with van der Waals surface area (Å²) in [7, 11) is 1.66. The minimum Gasteiger partial charge on any atom is -0.493 e. The molecule has 1 aromatic heterocycles. The van der Waals surface area contributed by atoms with E-state index in [2.05, 4.69) is 10.3 Å². The minimum atomic E-state index is 0.632. The lowest BCUT2D eigenvalue weighted by atomic mass is 10.2. The topological polar surface area (TPSA) is 43.4 Å². The van der Waals surface area contributed by atoms with Crippen LogP contribution >= 0.6 is 0 Å². The van der Waals surface area contributed by atoms with Crippen molar-refractivity contribution in [1.82, 2.24) is 10.3 Å². The molecule has 4 nitrogen and oxygen atoms in total. The highest BCUT2D eigenvalue weighted by atomic mass is 16.5. The summed E-state index contributed by atoms with van der Waals surface area (Å²) in [5, 5.41) is 3.39. The van der Waals surface area contributed by atoms with Gasteiger partial charge in [0, 0.05) is 18.8 Å². The monoisotopic (exact) mass is 286 g/mol. The van der Waals surface area contributed by atoms with Gasteiger partial charge in [0.2, 0.25) is 0 Å². The summed E-state index contributed by atoms with van der Waals surface area (Å²) in [4.78, 5) is 4.47. The normalized spacial score (nSPS) is 10.4. The SMILES string of the molecule is CCOc1ccc(CNCc2cccc(C)n2)cc1OC. The van der Waals surface area contributed by atoms with Gasteiger partial charge in [-0.1, -0.05) is 12.1 Å². The van der Waals surface area contributed by atoms with E-state index >= 15 is 0 Å². The van der Waals surface area contributed by atoms with Gasteiger partial charge >= 0.3 is 0 Å². The van der Waals surface area contributed by atoms with Gasteiger partial charge in [-0.15, -0.1) is 0 Å². The van der Waals surface area contributed by atoms with Gasteiger partial charge in [0.05, 0.1) is 19.4 Å². The average molecular weight is 286 g/mol. The Morgan fingerprint density at radius 1 is 1.10 bits per heavy atom. The van der Waals surface area contributed by atoms with Crippen molar-refractivity contribution in [2.75, 3.05) is 13.7 Å². The van der Waals surface area contributed by atoms with Gasteiger partial charge in [0.15, 0.2) is 11.5 Å². The number of methoxy groups -OCH3 is 1. The molecule has 0 aliphatic rings. The van der Waals surface area contributed by atoms with E-state index in [4.69, 9.17) is 9.47 Å². The van der Waals surface area contributed by atoms with Crippen molar-refractivity contribution < 1.29 is 9.47 Å². The Hall–Kier alpha value is -2.07. The number of aromatic nitrogens is 1. The van der Waals surface area contributed by atoms with Crippen LogP contribution in [0, 0.1) is 6.92 Å². The third kappa shape index (κ3) is 4.46. The largest absolute Gasteiger partial charge is 0.493 e. The summed E-state index contributed by atoms with van der Waals surface area (Å²) in [5.41, 5.74) is 3.24. The molecule has 0 saturated heterocycles. The number of nitrogens with one attached hydrogen (secondary N) is 1. The van der Waals surface area contributed by atoms with Crippen LogP contribution in [0.25, 0.3) is 0 Å². The van der Waals surface area contributed by atoms with Crippen molar-refractivity contribution in [2.45, 2.75) is 26.9 Å². The van der Waals surface area contributed by atoms with Gasteiger partial charge in [-0.25, -0.2) is 0 Å². The molecule has 0 aliphatic carbocycles. The van der Waals surface area contributed by atoms with Crippen LogP contribution in [0.5, 0.6) is 11.5 Å². The summed E-state index contributed by atoms with van der Waals surface area (Å²) >= 11 is 0. The summed E-state index contributed by atoms with van der Waals surface area (Å²) in [6.07, 6.45) is 0. The van der Waals surface area contributed by atoms with E-state index in [0.29, 0.717) is 6.61 Å². The molecule has 0 amide bonds. The Labute approximate surface area is 126 Å². The van der Waals surface area contributed by atoms with Crippen LogP contribution in [0.1, 0.15) is 23.9 Å². The number of ether oxygens (including phenoxy) is 2. The van der Waals surface area contributed by atoms with Crippen molar-refractivity contribution in [2.24, 2.45) is 0 Å². The summed E-state index contributed by atoms with van der Waals surface area (Å²) in [6, 6.07) is 12.1. The Kier molecular flexibility index (Phi) is 5.58. The van der Waals surface area contributed by atoms with Gasteiger partial charge in [-0.3, -0.25) is 4.98 Å². The molecule has 0 spiro atoms. The zero-order valence-electron chi connectivity index (χ0n) is 12.8. The molecule has 0 aliphatic heterocycles. The number of benzene rings is 1. The van der Waals surface area contributed by atoms with Gasteiger partial charge < -0.3 is 14.8 Å². The third-order valence-electron chi connectivity index (χ3n) is 3.11. The van der Waals surface area contributed by atoms with Crippen molar-refractivity contribution in [3.63, 3.8) is 0 Å². The van der Waals surface area contributed by atoms with E-state index in [0.717, 1.165) is 41.5 Å². The Balaban J connectivity index is 1.94. The maximum absolute atomic E-state index is 5.51. The molecule has 0 radical (unpaired) electrons. The Bertz CT molecular complexity index is 585. The second kappa shape index (κ2) is 7.64. The number of rotatable bonds is 7.